The van der Waals surface area contributed by atoms with Gasteiger partial charge in [0.05, 0.1) is 5.56 Å². The zero-order valence-electron chi connectivity index (χ0n) is 9.10. The van der Waals surface area contributed by atoms with Crippen LogP contribution in [0.1, 0.15) is 23.7 Å². The summed E-state index contributed by atoms with van der Waals surface area (Å²) in [7, 11) is 0. The molecule has 5 N–H and O–H groups in total. The van der Waals surface area contributed by atoms with Crippen molar-refractivity contribution < 1.29 is 15.0 Å². The second-order valence-corrected chi connectivity index (χ2v) is 3.55. The number of carbonyl (C=O) groups excluding carboxylic acids is 1. The number of hydrogen-bond donors (Lipinski definition) is 4. The maximum atomic E-state index is 11.6. The molecule has 0 heterocycles. The van der Waals surface area contributed by atoms with Crippen molar-refractivity contribution in [2.24, 2.45) is 5.73 Å². The Morgan fingerprint density at radius 1 is 1.50 bits per heavy atom. The van der Waals surface area contributed by atoms with Crippen LogP contribution < -0.4 is 11.1 Å². The lowest BCUT2D eigenvalue weighted by Gasteiger charge is -2.11. The third-order valence-corrected chi connectivity index (χ3v) is 2.31. The minimum Gasteiger partial charge on any atom is -0.504 e. The van der Waals surface area contributed by atoms with E-state index in [-0.39, 0.29) is 17.4 Å². The second kappa shape index (κ2) is 5.37. The van der Waals surface area contributed by atoms with Crippen LogP contribution in [0.3, 0.4) is 0 Å². The fourth-order valence-corrected chi connectivity index (χ4v) is 1.18. The van der Waals surface area contributed by atoms with Crippen molar-refractivity contribution >= 4 is 5.91 Å². The molecular weight excluding hydrogens is 208 g/mol. The van der Waals surface area contributed by atoms with E-state index < -0.39 is 11.7 Å². The van der Waals surface area contributed by atoms with Gasteiger partial charge in [0, 0.05) is 12.6 Å². The SMILES string of the molecule is CCC(N)CNC(=O)c1cccc(O)c1O. The highest BCUT2D eigenvalue weighted by atomic mass is 16.3. The molecule has 0 fully saturated rings. The first-order valence-electron chi connectivity index (χ1n) is 5.11. The number of carbonyl (C=O) groups is 1. The Morgan fingerprint density at radius 2 is 2.19 bits per heavy atom. The van der Waals surface area contributed by atoms with E-state index in [0.717, 1.165) is 6.42 Å². The molecule has 1 unspecified atom stereocenters. The summed E-state index contributed by atoms with van der Waals surface area (Å²) in [6.07, 6.45) is 0.756. The topological polar surface area (TPSA) is 95.6 Å². The summed E-state index contributed by atoms with van der Waals surface area (Å²) in [5.41, 5.74) is 5.69. The molecule has 1 rings (SSSR count). The Balaban J connectivity index is 2.70. The van der Waals surface area contributed by atoms with E-state index in [0.29, 0.717) is 6.54 Å². The van der Waals surface area contributed by atoms with Crippen molar-refractivity contribution in [1.29, 1.82) is 0 Å². The molecule has 0 saturated carbocycles. The summed E-state index contributed by atoms with van der Waals surface area (Å²) >= 11 is 0. The van der Waals surface area contributed by atoms with Crippen LogP contribution in [-0.2, 0) is 0 Å². The lowest BCUT2D eigenvalue weighted by molar-refractivity contribution is 0.0947. The zero-order chi connectivity index (χ0) is 12.1. The predicted molar refractivity (Wildman–Crippen MR) is 60.4 cm³/mol. The summed E-state index contributed by atoms with van der Waals surface area (Å²) in [6, 6.07) is 4.12. The van der Waals surface area contributed by atoms with Gasteiger partial charge < -0.3 is 21.3 Å². The molecule has 0 saturated heterocycles. The highest BCUT2D eigenvalue weighted by Crippen LogP contribution is 2.27. The Labute approximate surface area is 93.9 Å². The number of amides is 1. The van der Waals surface area contributed by atoms with Gasteiger partial charge in [-0.1, -0.05) is 13.0 Å². The van der Waals surface area contributed by atoms with Gasteiger partial charge in [0.1, 0.15) is 0 Å². The summed E-state index contributed by atoms with van der Waals surface area (Å²) in [6.45, 7) is 2.26. The smallest absolute Gasteiger partial charge is 0.255 e. The first kappa shape index (κ1) is 12.3. The van der Waals surface area contributed by atoms with Crippen LogP contribution in [-0.4, -0.2) is 28.7 Å². The molecule has 5 nitrogen and oxygen atoms in total. The van der Waals surface area contributed by atoms with Crippen molar-refractivity contribution in [2.45, 2.75) is 19.4 Å². The molecule has 5 heteroatoms. The van der Waals surface area contributed by atoms with Gasteiger partial charge in [-0.2, -0.15) is 0 Å². The van der Waals surface area contributed by atoms with Crippen molar-refractivity contribution in [2.75, 3.05) is 6.54 Å². The molecule has 0 aliphatic rings. The fourth-order valence-electron chi connectivity index (χ4n) is 1.18. The maximum Gasteiger partial charge on any atom is 0.255 e. The monoisotopic (exact) mass is 224 g/mol. The van der Waals surface area contributed by atoms with Crippen LogP contribution in [0.2, 0.25) is 0 Å². The Morgan fingerprint density at radius 3 is 2.81 bits per heavy atom. The van der Waals surface area contributed by atoms with Crippen LogP contribution in [0.25, 0.3) is 0 Å². The van der Waals surface area contributed by atoms with Crippen molar-refractivity contribution in [3.63, 3.8) is 0 Å². The first-order chi connectivity index (χ1) is 7.56. The number of aromatic hydroxyl groups is 2. The Hall–Kier alpha value is -1.75. The van der Waals surface area contributed by atoms with Crippen LogP contribution >= 0.6 is 0 Å². The molecule has 0 radical (unpaired) electrons. The molecule has 0 bridgehead atoms. The standard InChI is InChI=1S/C11H16N2O3/c1-2-7(12)6-13-11(16)8-4-3-5-9(14)10(8)15/h3-5,7,14-15H,2,6,12H2,1H3,(H,13,16). The average molecular weight is 224 g/mol. The summed E-state index contributed by atoms with van der Waals surface area (Å²) in [5, 5.41) is 21.2. The Kier molecular flexibility index (Phi) is 4.13. The van der Waals surface area contributed by atoms with Gasteiger partial charge >= 0.3 is 0 Å². The van der Waals surface area contributed by atoms with E-state index in [2.05, 4.69) is 5.32 Å². The molecule has 1 aromatic rings. The molecule has 0 aliphatic carbocycles. The van der Waals surface area contributed by atoms with Gasteiger partial charge in [-0.25, -0.2) is 0 Å². The summed E-state index contributed by atoms with van der Waals surface area (Å²) in [4.78, 5) is 11.6. The quantitative estimate of drug-likeness (QED) is 0.562. The van der Waals surface area contributed by atoms with E-state index in [1.807, 2.05) is 6.92 Å². The lowest BCUT2D eigenvalue weighted by Crippen LogP contribution is -2.36. The number of phenolic OH excluding ortho intramolecular Hbond substituents is 2. The minimum atomic E-state index is -0.447. The third kappa shape index (κ3) is 2.87. The molecule has 0 spiro atoms. The van der Waals surface area contributed by atoms with Crippen molar-refractivity contribution in [1.82, 2.24) is 5.32 Å². The molecule has 16 heavy (non-hydrogen) atoms. The molecule has 1 amide bonds. The molecule has 1 aromatic carbocycles. The number of para-hydroxylation sites is 1. The third-order valence-electron chi connectivity index (χ3n) is 2.31. The molecule has 88 valence electrons. The predicted octanol–water partition coefficient (Wildman–Crippen LogP) is 0.565. The number of hydrogen-bond acceptors (Lipinski definition) is 4. The fraction of sp³-hybridized carbons (Fsp3) is 0.364. The molecule has 1 atom stereocenters. The van der Waals surface area contributed by atoms with Gasteiger partial charge in [-0.15, -0.1) is 0 Å². The van der Waals surface area contributed by atoms with Crippen molar-refractivity contribution in [3.05, 3.63) is 23.8 Å². The molecule has 0 aliphatic heterocycles. The number of benzene rings is 1. The summed E-state index contributed by atoms with van der Waals surface area (Å²) < 4.78 is 0. The van der Waals surface area contributed by atoms with Crippen LogP contribution in [0.15, 0.2) is 18.2 Å². The number of nitrogens with two attached hydrogens (primary N) is 1. The van der Waals surface area contributed by atoms with Gasteiger partial charge in [0.15, 0.2) is 11.5 Å². The first-order valence-corrected chi connectivity index (χ1v) is 5.11. The van der Waals surface area contributed by atoms with Gasteiger partial charge in [-0.3, -0.25) is 4.79 Å². The van der Waals surface area contributed by atoms with E-state index >= 15 is 0 Å². The van der Waals surface area contributed by atoms with Crippen molar-refractivity contribution in [3.8, 4) is 11.5 Å². The van der Waals surface area contributed by atoms with Gasteiger partial charge in [0.2, 0.25) is 0 Å². The molecular formula is C11H16N2O3. The highest BCUT2D eigenvalue weighted by molar-refractivity contribution is 5.97. The number of phenols is 2. The molecule has 0 aromatic heterocycles. The Bertz CT molecular complexity index is 379. The van der Waals surface area contributed by atoms with Crippen LogP contribution in [0.5, 0.6) is 11.5 Å². The lowest BCUT2D eigenvalue weighted by atomic mass is 10.1. The average Bonchev–Trinajstić information content (AvgIpc) is 2.29. The van der Waals surface area contributed by atoms with E-state index in [1.54, 1.807) is 0 Å². The van der Waals surface area contributed by atoms with E-state index in [1.165, 1.54) is 18.2 Å². The second-order valence-electron chi connectivity index (χ2n) is 3.55. The minimum absolute atomic E-state index is 0.0447. The highest BCUT2D eigenvalue weighted by Gasteiger charge is 2.13. The maximum absolute atomic E-state index is 11.6. The number of rotatable bonds is 4. The largest absolute Gasteiger partial charge is 0.504 e. The van der Waals surface area contributed by atoms with Crippen LogP contribution in [0, 0.1) is 0 Å². The number of nitrogens with one attached hydrogen (secondary N) is 1. The van der Waals surface area contributed by atoms with Gasteiger partial charge in [0.25, 0.3) is 5.91 Å². The van der Waals surface area contributed by atoms with E-state index in [4.69, 9.17) is 5.73 Å². The van der Waals surface area contributed by atoms with Crippen LogP contribution in [0.4, 0.5) is 0 Å². The summed E-state index contributed by atoms with van der Waals surface area (Å²) in [5.74, 6) is -1.17. The van der Waals surface area contributed by atoms with E-state index in [9.17, 15) is 15.0 Å². The zero-order valence-corrected chi connectivity index (χ0v) is 9.10. The van der Waals surface area contributed by atoms with Gasteiger partial charge in [-0.05, 0) is 18.6 Å². The normalized spacial score (nSPS) is 12.1.